The summed E-state index contributed by atoms with van der Waals surface area (Å²) in [5, 5.41) is 10.7. The van der Waals surface area contributed by atoms with Crippen LogP contribution in [0.2, 0.25) is 0 Å². The predicted octanol–water partition coefficient (Wildman–Crippen LogP) is 2.83. The number of rotatable bonds is 7. The third-order valence-electron chi connectivity index (χ3n) is 5.06. The molecule has 4 aromatic rings. The molecular formula is C23H25N5O2. The standard InChI is InChI=1S/C23H25N5O2/c1-15(2)14-28-20-10-6-5-9-18(20)25-21(28)11-12-24-22(29)13-19-16-7-3-4-8-17(16)23(30)27-26-19/h3-10,15H,11-14H2,1-2H3,(H,24,29)(H,27,30). The minimum absolute atomic E-state index is 0.111. The first-order valence-electron chi connectivity index (χ1n) is 10.2. The topological polar surface area (TPSA) is 92.7 Å². The number of para-hydroxylation sites is 2. The Balaban J connectivity index is 1.45. The molecular weight excluding hydrogens is 378 g/mol. The summed E-state index contributed by atoms with van der Waals surface area (Å²) in [6.45, 7) is 5.74. The largest absolute Gasteiger partial charge is 0.355 e. The number of fused-ring (bicyclic) bond motifs is 2. The third-order valence-corrected chi connectivity index (χ3v) is 5.06. The van der Waals surface area contributed by atoms with Crippen LogP contribution in [0, 0.1) is 5.92 Å². The predicted molar refractivity (Wildman–Crippen MR) is 117 cm³/mol. The third kappa shape index (κ3) is 4.10. The van der Waals surface area contributed by atoms with Crippen LogP contribution in [0.3, 0.4) is 0 Å². The average Bonchev–Trinajstić information content (AvgIpc) is 3.07. The van der Waals surface area contributed by atoms with Crippen LogP contribution < -0.4 is 10.9 Å². The van der Waals surface area contributed by atoms with Gasteiger partial charge in [-0.25, -0.2) is 10.1 Å². The van der Waals surface area contributed by atoms with Gasteiger partial charge in [0.05, 0.1) is 28.5 Å². The zero-order valence-corrected chi connectivity index (χ0v) is 17.2. The van der Waals surface area contributed by atoms with Gasteiger partial charge in [0.1, 0.15) is 5.82 Å². The molecule has 2 aromatic heterocycles. The lowest BCUT2D eigenvalue weighted by molar-refractivity contribution is -0.120. The maximum absolute atomic E-state index is 12.5. The van der Waals surface area contributed by atoms with E-state index >= 15 is 0 Å². The molecule has 2 N–H and O–H groups in total. The highest BCUT2D eigenvalue weighted by molar-refractivity contribution is 5.88. The van der Waals surface area contributed by atoms with E-state index in [9.17, 15) is 9.59 Å². The van der Waals surface area contributed by atoms with Gasteiger partial charge in [-0.15, -0.1) is 0 Å². The Labute approximate surface area is 174 Å². The van der Waals surface area contributed by atoms with Crippen LogP contribution in [0.15, 0.2) is 53.3 Å². The van der Waals surface area contributed by atoms with Crippen LogP contribution in [0.4, 0.5) is 0 Å². The number of nitrogens with one attached hydrogen (secondary N) is 2. The van der Waals surface area contributed by atoms with E-state index in [1.807, 2.05) is 30.3 Å². The Morgan fingerprint density at radius 1 is 1.10 bits per heavy atom. The van der Waals surface area contributed by atoms with Gasteiger partial charge in [0.15, 0.2) is 0 Å². The molecule has 0 aliphatic rings. The van der Waals surface area contributed by atoms with Crippen LogP contribution >= 0.6 is 0 Å². The zero-order chi connectivity index (χ0) is 21.1. The van der Waals surface area contributed by atoms with Crippen molar-refractivity contribution in [1.82, 2.24) is 25.1 Å². The van der Waals surface area contributed by atoms with E-state index in [4.69, 9.17) is 4.98 Å². The molecule has 0 atom stereocenters. The molecule has 0 unspecified atom stereocenters. The summed E-state index contributed by atoms with van der Waals surface area (Å²) in [6.07, 6.45) is 0.757. The number of imidazole rings is 1. The number of H-pyrrole nitrogens is 1. The first-order chi connectivity index (χ1) is 14.5. The van der Waals surface area contributed by atoms with Crippen molar-refractivity contribution >= 4 is 27.7 Å². The highest BCUT2D eigenvalue weighted by atomic mass is 16.1. The van der Waals surface area contributed by atoms with Gasteiger partial charge in [0, 0.05) is 24.9 Å². The van der Waals surface area contributed by atoms with Crippen LogP contribution in [0.5, 0.6) is 0 Å². The van der Waals surface area contributed by atoms with Gasteiger partial charge in [-0.2, -0.15) is 5.10 Å². The molecule has 7 heteroatoms. The summed E-state index contributed by atoms with van der Waals surface area (Å²) in [6, 6.07) is 15.3. The SMILES string of the molecule is CC(C)Cn1c(CCNC(=O)Cc2n[nH]c(=O)c3ccccc23)nc2ccccc21. The number of aromatic nitrogens is 4. The summed E-state index contributed by atoms with van der Waals surface area (Å²) in [4.78, 5) is 29.2. The first-order valence-corrected chi connectivity index (χ1v) is 10.2. The Kier molecular flexibility index (Phi) is 5.61. The number of hydrogen-bond acceptors (Lipinski definition) is 4. The van der Waals surface area contributed by atoms with Crippen molar-refractivity contribution in [2.24, 2.45) is 5.92 Å². The van der Waals surface area contributed by atoms with Crippen LogP contribution in [-0.4, -0.2) is 32.2 Å². The molecule has 4 rings (SSSR count). The molecule has 7 nitrogen and oxygen atoms in total. The molecule has 2 heterocycles. The van der Waals surface area contributed by atoms with E-state index in [-0.39, 0.29) is 17.9 Å². The monoisotopic (exact) mass is 403 g/mol. The summed E-state index contributed by atoms with van der Waals surface area (Å²) < 4.78 is 2.24. The van der Waals surface area contributed by atoms with Gasteiger partial charge in [-0.3, -0.25) is 9.59 Å². The second kappa shape index (κ2) is 8.49. The summed E-state index contributed by atoms with van der Waals surface area (Å²) in [7, 11) is 0. The maximum Gasteiger partial charge on any atom is 0.272 e. The quantitative estimate of drug-likeness (QED) is 0.496. The van der Waals surface area contributed by atoms with Crippen molar-refractivity contribution < 1.29 is 4.79 Å². The van der Waals surface area contributed by atoms with Crippen molar-refractivity contribution in [2.45, 2.75) is 33.2 Å². The molecule has 2 aromatic carbocycles. The van der Waals surface area contributed by atoms with Crippen molar-refractivity contribution in [3.05, 3.63) is 70.4 Å². The Morgan fingerprint density at radius 3 is 2.63 bits per heavy atom. The fourth-order valence-electron chi connectivity index (χ4n) is 3.72. The number of benzene rings is 2. The Bertz CT molecular complexity index is 1260. The minimum atomic E-state index is -0.251. The second-order valence-corrected chi connectivity index (χ2v) is 7.84. The van der Waals surface area contributed by atoms with E-state index in [2.05, 4.69) is 40.0 Å². The normalized spacial score (nSPS) is 11.4. The fraction of sp³-hybridized carbons (Fsp3) is 0.304. The maximum atomic E-state index is 12.5. The molecule has 0 aliphatic heterocycles. The van der Waals surface area contributed by atoms with Crippen molar-refractivity contribution in [2.75, 3.05) is 6.54 Å². The molecule has 0 aliphatic carbocycles. The number of carbonyl (C=O) groups excluding carboxylic acids is 1. The molecule has 0 saturated carbocycles. The molecule has 154 valence electrons. The molecule has 0 saturated heterocycles. The number of aromatic amines is 1. The lowest BCUT2D eigenvalue weighted by atomic mass is 10.1. The number of amides is 1. The fourth-order valence-corrected chi connectivity index (χ4v) is 3.72. The average molecular weight is 403 g/mol. The highest BCUT2D eigenvalue weighted by Crippen LogP contribution is 2.18. The lowest BCUT2D eigenvalue weighted by Crippen LogP contribution is -2.29. The van der Waals surface area contributed by atoms with E-state index in [0.717, 1.165) is 23.4 Å². The summed E-state index contributed by atoms with van der Waals surface area (Å²) >= 11 is 0. The van der Waals surface area contributed by atoms with Crippen molar-refractivity contribution in [3.8, 4) is 0 Å². The van der Waals surface area contributed by atoms with Crippen LogP contribution in [0.25, 0.3) is 21.8 Å². The smallest absolute Gasteiger partial charge is 0.272 e. The van der Waals surface area contributed by atoms with E-state index in [0.29, 0.717) is 35.3 Å². The molecule has 1 amide bonds. The van der Waals surface area contributed by atoms with Crippen molar-refractivity contribution in [3.63, 3.8) is 0 Å². The van der Waals surface area contributed by atoms with Gasteiger partial charge < -0.3 is 9.88 Å². The van der Waals surface area contributed by atoms with Gasteiger partial charge >= 0.3 is 0 Å². The first kappa shape index (κ1) is 19.8. The van der Waals surface area contributed by atoms with Crippen molar-refractivity contribution in [1.29, 1.82) is 0 Å². The van der Waals surface area contributed by atoms with E-state index in [1.54, 1.807) is 12.1 Å². The summed E-state index contributed by atoms with van der Waals surface area (Å²) in [5.41, 5.74) is 2.41. The van der Waals surface area contributed by atoms with E-state index < -0.39 is 0 Å². The molecule has 0 bridgehead atoms. The van der Waals surface area contributed by atoms with Crippen LogP contribution in [0.1, 0.15) is 25.4 Å². The zero-order valence-electron chi connectivity index (χ0n) is 17.2. The van der Waals surface area contributed by atoms with Crippen LogP contribution in [-0.2, 0) is 24.2 Å². The number of hydrogen-bond donors (Lipinski definition) is 2. The van der Waals surface area contributed by atoms with Gasteiger partial charge in [-0.05, 0) is 24.1 Å². The van der Waals surface area contributed by atoms with Gasteiger partial charge in [0.25, 0.3) is 5.56 Å². The number of nitrogens with zero attached hydrogens (tertiary/aromatic N) is 3. The molecule has 0 radical (unpaired) electrons. The Morgan fingerprint density at radius 2 is 1.83 bits per heavy atom. The Hall–Kier alpha value is -3.48. The minimum Gasteiger partial charge on any atom is -0.355 e. The lowest BCUT2D eigenvalue weighted by Gasteiger charge is -2.12. The molecule has 0 spiro atoms. The summed E-state index contributed by atoms with van der Waals surface area (Å²) in [5.74, 6) is 1.33. The number of carbonyl (C=O) groups is 1. The van der Waals surface area contributed by atoms with Gasteiger partial charge in [0.2, 0.25) is 5.91 Å². The molecule has 30 heavy (non-hydrogen) atoms. The van der Waals surface area contributed by atoms with Gasteiger partial charge in [-0.1, -0.05) is 44.2 Å². The molecule has 0 fully saturated rings. The second-order valence-electron chi connectivity index (χ2n) is 7.84. The van der Waals surface area contributed by atoms with E-state index in [1.165, 1.54) is 0 Å². The highest BCUT2D eigenvalue weighted by Gasteiger charge is 2.13.